The number of halogens is 1. The van der Waals surface area contributed by atoms with E-state index in [2.05, 4.69) is 0 Å². The van der Waals surface area contributed by atoms with Gasteiger partial charge in [0.25, 0.3) is 0 Å². The van der Waals surface area contributed by atoms with Crippen LogP contribution in [0.3, 0.4) is 0 Å². The summed E-state index contributed by atoms with van der Waals surface area (Å²) < 4.78 is 18.9. The number of aryl methyl sites for hydroxylation is 2. The molecule has 0 amide bonds. The molecule has 0 radical (unpaired) electrons. The average molecular weight is 272 g/mol. The van der Waals surface area contributed by atoms with E-state index in [0.29, 0.717) is 17.7 Å². The normalized spacial score (nSPS) is 20.8. The van der Waals surface area contributed by atoms with E-state index in [1.54, 1.807) is 6.07 Å². The molecular formula is C17H17FO2. The van der Waals surface area contributed by atoms with Crippen LogP contribution < -0.4 is 4.74 Å². The van der Waals surface area contributed by atoms with Gasteiger partial charge >= 0.3 is 0 Å². The van der Waals surface area contributed by atoms with Gasteiger partial charge in [0.15, 0.2) is 0 Å². The van der Waals surface area contributed by atoms with Crippen molar-refractivity contribution in [3.63, 3.8) is 0 Å². The molecule has 0 fully saturated rings. The highest BCUT2D eigenvalue weighted by molar-refractivity contribution is 5.51. The second-order valence-corrected chi connectivity index (χ2v) is 5.37. The van der Waals surface area contributed by atoms with Crippen molar-refractivity contribution >= 4 is 0 Å². The van der Waals surface area contributed by atoms with Gasteiger partial charge in [0.2, 0.25) is 0 Å². The third-order valence-corrected chi connectivity index (χ3v) is 4.07. The highest BCUT2D eigenvalue weighted by Gasteiger charge is 2.40. The lowest BCUT2D eigenvalue weighted by Crippen LogP contribution is -2.25. The summed E-state index contributed by atoms with van der Waals surface area (Å²) in [6, 6.07) is 10.3. The van der Waals surface area contributed by atoms with E-state index in [1.165, 1.54) is 19.2 Å². The van der Waals surface area contributed by atoms with Gasteiger partial charge in [0.1, 0.15) is 17.2 Å². The predicted octanol–water partition coefficient (Wildman–Crippen LogP) is 3.32. The number of hydrogen-bond acceptors (Lipinski definition) is 2. The molecule has 0 aromatic heterocycles. The highest BCUT2D eigenvalue weighted by atomic mass is 19.1. The van der Waals surface area contributed by atoms with E-state index >= 15 is 0 Å². The Labute approximate surface area is 117 Å². The van der Waals surface area contributed by atoms with Crippen molar-refractivity contribution in [3.05, 3.63) is 64.5 Å². The van der Waals surface area contributed by atoms with Gasteiger partial charge in [-0.05, 0) is 49.1 Å². The van der Waals surface area contributed by atoms with E-state index < -0.39 is 5.60 Å². The molecular weight excluding hydrogens is 255 g/mol. The molecule has 0 saturated carbocycles. The maximum atomic E-state index is 13.6. The van der Waals surface area contributed by atoms with Crippen molar-refractivity contribution in [2.45, 2.75) is 25.4 Å². The second kappa shape index (κ2) is 4.60. The summed E-state index contributed by atoms with van der Waals surface area (Å²) in [7, 11) is 1.53. The Morgan fingerprint density at radius 2 is 1.95 bits per heavy atom. The second-order valence-electron chi connectivity index (χ2n) is 5.37. The van der Waals surface area contributed by atoms with Crippen LogP contribution >= 0.6 is 0 Å². The van der Waals surface area contributed by atoms with Crippen LogP contribution in [0.5, 0.6) is 5.75 Å². The molecule has 2 nitrogen and oxygen atoms in total. The SMILES string of the molecule is COc1ccc(F)cc1C1(O)CCc2ccc(C)cc21. The van der Waals surface area contributed by atoms with Crippen molar-refractivity contribution in [2.75, 3.05) is 7.11 Å². The van der Waals surface area contributed by atoms with Gasteiger partial charge in [-0.2, -0.15) is 0 Å². The Morgan fingerprint density at radius 3 is 2.70 bits per heavy atom. The standard InChI is InChI=1S/C17H17FO2/c1-11-3-4-12-7-8-17(19,14(12)9-11)15-10-13(18)5-6-16(15)20-2/h3-6,9-10,19H,7-8H2,1-2H3. The van der Waals surface area contributed by atoms with Gasteiger partial charge < -0.3 is 9.84 Å². The molecule has 20 heavy (non-hydrogen) atoms. The molecule has 3 rings (SSSR count). The zero-order valence-electron chi connectivity index (χ0n) is 11.6. The zero-order chi connectivity index (χ0) is 14.3. The van der Waals surface area contributed by atoms with Crippen LogP contribution in [0.2, 0.25) is 0 Å². The summed E-state index contributed by atoms with van der Waals surface area (Å²) in [5.74, 6) is 0.151. The Morgan fingerprint density at radius 1 is 1.15 bits per heavy atom. The van der Waals surface area contributed by atoms with Crippen LogP contribution in [0.4, 0.5) is 4.39 Å². The van der Waals surface area contributed by atoms with Gasteiger partial charge in [-0.15, -0.1) is 0 Å². The van der Waals surface area contributed by atoms with Crippen molar-refractivity contribution in [3.8, 4) is 5.75 Å². The van der Waals surface area contributed by atoms with Crippen LogP contribution in [-0.2, 0) is 12.0 Å². The average Bonchev–Trinajstić information content (AvgIpc) is 2.77. The molecule has 1 aliphatic rings. The number of methoxy groups -OCH3 is 1. The lowest BCUT2D eigenvalue weighted by atomic mass is 9.86. The molecule has 0 bridgehead atoms. The Hall–Kier alpha value is -1.87. The van der Waals surface area contributed by atoms with Gasteiger partial charge in [0, 0.05) is 5.56 Å². The molecule has 1 N–H and O–H groups in total. The minimum absolute atomic E-state index is 0.365. The largest absolute Gasteiger partial charge is 0.496 e. The van der Waals surface area contributed by atoms with Crippen molar-refractivity contribution < 1.29 is 14.2 Å². The zero-order valence-corrected chi connectivity index (χ0v) is 11.6. The molecule has 0 heterocycles. The van der Waals surface area contributed by atoms with Crippen molar-refractivity contribution in [1.29, 1.82) is 0 Å². The van der Waals surface area contributed by atoms with E-state index in [4.69, 9.17) is 4.74 Å². The van der Waals surface area contributed by atoms with Gasteiger partial charge in [-0.25, -0.2) is 4.39 Å². The number of ether oxygens (including phenoxy) is 1. The molecule has 104 valence electrons. The van der Waals surface area contributed by atoms with Crippen molar-refractivity contribution in [2.24, 2.45) is 0 Å². The summed E-state index contributed by atoms with van der Waals surface area (Å²) in [5.41, 5.74) is 2.39. The van der Waals surface area contributed by atoms with Crippen LogP contribution in [-0.4, -0.2) is 12.2 Å². The quantitative estimate of drug-likeness (QED) is 0.908. The predicted molar refractivity (Wildman–Crippen MR) is 75.5 cm³/mol. The molecule has 1 unspecified atom stereocenters. The third kappa shape index (κ3) is 1.90. The van der Waals surface area contributed by atoms with Crippen molar-refractivity contribution in [1.82, 2.24) is 0 Å². The lowest BCUT2D eigenvalue weighted by Gasteiger charge is -2.27. The lowest BCUT2D eigenvalue weighted by molar-refractivity contribution is 0.0795. The minimum Gasteiger partial charge on any atom is -0.496 e. The summed E-state index contributed by atoms with van der Waals surface area (Å²) in [6.07, 6.45) is 1.33. The number of benzene rings is 2. The fourth-order valence-electron chi connectivity index (χ4n) is 3.03. The molecule has 2 aromatic carbocycles. The Kier molecular flexibility index (Phi) is 3.02. The van der Waals surface area contributed by atoms with E-state index in [1.807, 2.05) is 25.1 Å². The van der Waals surface area contributed by atoms with Crippen LogP contribution in [0, 0.1) is 12.7 Å². The van der Waals surface area contributed by atoms with E-state index in [0.717, 1.165) is 23.1 Å². The first-order valence-corrected chi connectivity index (χ1v) is 6.71. The van der Waals surface area contributed by atoms with Gasteiger partial charge in [0.05, 0.1) is 7.11 Å². The first kappa shape index (κ1) is 13.1. The molecule has 1 atom stereocenters. The molecule has 0 saturated heterocycles. The van der Waals surface area contributed by atoms with Crippen LogP contribution in [0.1, 0.15) is 28.7 Å². The maximum absolute atomic E-state index is 13.6. The Bertz CT molecular complexity index is 666. The van der Waals surface area contributed by atoms with Crippen LogP contribution in [0.25, 0.3) is 0 Å². The minimum atomic E-state index is -1.17. The van der Waals surface area contributed by atoms with Gasteiger partial charge in [-0.1, -0.05) is 23.8 Å². The first-order chi connectivity index (χ1) is 9.54. The topological polar surface area (TPSA) is 29.5 Å². The smallest absolute Gasteiger partial charge is 0.125 e. The molecule has 0 spiro atoms. The summed E-state index contributed by atoms with van der Waals surface area (Å²) in [4.78, 5) is 0. The molecule has 0 aliphatic heterocycles. The van der Waals surface area contributed by atoms with Gasteiger partial charge in [-0.3, -0.25) is 0 Å². The monoisotopic (exact) mass is 272 g/mol. The summed E-state index contributed by atoms with van der Waals surface area (Å²) >= 11 is 0. The third-order valence-electron chi connectivity index (χ3n) is 4.07. The summed E-state index contributed by atoms with van der Waals surface area (Å²) in [5, 5.41) is 11.1. The molecule has 2 aromatic rings. The number of rotatable bonds is 2. The number of fused-ring (bicyclic) bond motifs is 1. The molecule has 3 heteroatoms. The van der Waals surface area contributed by atoms with Crippen LogP contribution in [0.15, 0.2) is 36.4 Å². The fourth-order valence-corrected chi connectivity index (χ4v) is 3.03. The highest BCUT2D eigenvalue weighted by Crippen LogP contribution is 2.45. The fraction of sp³-hybridized carbons (Fsp3) is 0.294. The molecule has 1 aliphatic carbocycles. The Balaban J connectivity index is 2.21. The number of hydrogen-bond donors (Lipinski definition) is 1. The first-order valence-electron chi connectivity index (χ1n) is 6.71. The summed E-state index contributed by atoms with van der Waals surface area (Å²) in [6.45, 7) is 1.99. The van der Waals surface area contributed by atoms with E-state index in [-0.39, 0.29) is 5.82 Å². The van der Waals surface area contributed by atoms with E-state index in [9.17, 15) is 9.50 Å². The maximum Gasteiger partial charge on any atom is 0.125 e. The number of aliphatic hydroxyl groups is 1.